The quantitative estimate of drug-likeness (QED) is 0.391. The van der Waals surface area contributed by atoms with Crippen molar-refractivity contribution < 1.29 is 13.5 Å². The molecule has 2 aliphatic heterocycles. The number of benzene rings is 2. The molecule has 0 radical (unpaired) electrons. The average Bonchev–Trinajstić information content (AvgIpc) is 2.90. The van der Waals surface area contributed by atoms with Crippen LogP contribution >= 0.6 is 0 Å². The van der Waals surface area contributed by atoms with E-state index in [9.17, 15) is 0 Å². The second-order valence-corrected chi connectivity index (χ2v) is 8.58. The van der Waals surface area contributed by atoms with Crippen LogP contribution in [0.3, 0.4) is 0 Å². The van der Waals surface area contributed by atoms with Crippen molar-refractivity contribution in [2.75, 3.05) is 0 Å². The fourth-order valence-electron chi connectivity index (χ4n) is 5.78. The van der Waals surface area contributed by atoms with Crippen molar-refractivity contribution in [2.24, 2.45) is 0 Å². The summed E-state index contributed by atoms with van der Waals surface area (Å²) in [6.07, 6.45) is 5.97. The third-order valence-electron chi connectivity index (χ3n) is 6.94. The van der Waals surface area contributed by atoms with Gasteiger partial charge in [-0.1, -0.05) is 42.5 Å². The maximum Gasteiger partial charge on any atom is 0.297 e. The van der Waals surface area contributed by atoms with E-state index in [0.29, 0.717) is 0 Å². The second kappa shape index (κ2) is 6.84. The maximum absolute atomic E-state index is 15.4. The average molecular weight is 409 g/mol. The number of hydrogen-bond donors (Lipinski definition) is 0. The zero-order valence-corrected chi connectivity index (χ0v) is 17.8. The highest BCUT2D eigenvalue weighted by Crippen LogP contribution is 2.55. The Bertz CT molecular complexity index is 1310. The van der Waals surface area contributed by atoms with Crippen LogP contribution in [-0.4, -0.2) is 16.6 Å². The summed E-state index contributed by atoms with van der Waals surface area (Å²) >= 11 is 0. The summed E-state index contributed by atoms with van der Waals surface area (Å²) in [6.45, 7) is 3.66. The molecule has 0 N–H and O–H groups in total. The standard InChI is InChI=1S/C28H25FN2/c1-3-10-25-20-12-5-4-11-19(20)17-23-26-22-14-7-6-13-21(22)24-15-8-9-16-30(24)28(26)27(23)31(25)18(2)29/h3-16,18,26,28H,17H2,1-2H3/q+2/b10-3-. The van der Waals surface area contributed by atoms with Crippen molar-refractivity contribution in [3.8, 4) is 11.3 Å². The van der Waals surface area contributed by atoms with Crippen molar-refractivity contribution in [3.63, 3.8) is 0 Å². The van der Waals surface area contributed by atoms with Gasteiger partial charge in [-0.15, -0.1) is 0 Å². The molecule has 31 heavy (non-hydrogen) atoms. The molecule has 1 aliphatic carbocycles. The van der Waals surface area contributed by atoms with Gasteiger partial charge in [0.2, 0.25) is 11.4 Å². The van der Waals surface area contributed by atoms with Crippen LogP contribution in [0.1, 0.15) is 42.5 Å². The van der Waals surface area contributed by atoms with E-state index in [1.54, 1.807) is 6.92 Å². The minimum absolute atomic E-state index is 0.105. The molecule has 0 saturated heterocycles. The van der Waals surface area contributed by atoms with Crippen LogP contribution < -0.4 is 4.57 Å². The summed E-state index contributed by atoms with van der Waals surface area (Å²) in [4.78, 5) is 0. The second-order valence-electron chi connectivity index (χ2n) is 8.58. The molecular formula is C28H25FN2+2. The van der Waals surface area contributed by atoms with E-state index in [2.05, 4.69) is 83.6 Å². The molecule has 3 heteroatoms. The lowest BCUT2D eigenvalue weighted by atomic mass is 9.66. The Hall–Kier alpha value is -3.33. The number of allylic oxidation sites excluding steroid dienone is 4. The molecular weight excluding hydrogens is 383 g/mol. The molecule has 3 aromatic rings. The van der Waals surface area contributed by atoms with E-state index >= 15 is 4.39 Å². The Morgan fingerprint density at radius 1 is 0.968 bits per heavy atom. The first-order valence-corrected chi connectivity index (χ1v) is 11.0. The third-order valence-corrected chi connectivity index (χ3v) is 6.94. The number of nitrogens with zero attached hydrogens (tertiary/aromatic N) is 2. The van der Waals surface area contributed by atoms with E-state index in [1.165, 1.54) is 28.0 Å². The Morgan fingerprint density at radius 3 is 2.52 bits per heavy atom. The topological polar surface area (TPSA) is 6.89 Å². The monoisotopic (exact) mass is 408 g/mol. The van der Waals surface area contributed by atoms with Gasteiger partial charge in [-0.3, -0.25) is 0 Å². The zero-order chi connectivity index (χ0) is 21.1. The first-order valence-electron chi connectivity index (χ1n) is 11.0. The van der Waals surface area contributed by atoms with E-state index in [4.69, 9.17) is 0 Å². The minimum atomic E-state index is -1.12. The molecule has 3 heterocycles. The number of fused-ring (bicyclic) bond motifs is 9. The van der Waals surface area contributed by atoms with Gasteiger partial charge in [0.1, 0.15) is 0 Å². The highest BCUT2D eigenvalue weighted by Gasteiger charge is 2.60. The Labute approximate surface area is 182 Å². The number of rotatable bonds is 2. The summed E-state index contributed by atoms with van der Waals surface area (Å²) in [7, 11) is 0. The van der Waals surface area contributed by atoms with Gasteiger partial charge >= 0.3 is 0 Å². The van der Waals surface area contributed by atoms with E-state index in [0.717, 1.165) is 23.4 Å². The molecule has 0 bridgehead atoms. The Kier molecular flexibility index (Phi) is 4.07. The third kappa shape index (κ3) is 2.49. The largest absolute Gasteiger partial charge is 0.297 e. The number of aromatic nitrogens is 1. The van der Waals surface area contributed by atoms with Gasteiger partial charge in [-0.2, -0.15) is 13.5 Å². The summed E-state index contributed by atoms with van der Waals surface area (Å²) in [5.41, 5.74) is 9.66. The molecule has 3 aliphatic rings. The molecule has 152 valence electrons. The lowest BCUT2D eigenvalue weighted by molar-refractivity contribution is -0.738. The zero-order valence-electron chi connectivity index (χ0n) is 17.8. The van der Waals surface area contributed by atoms with Crippen LogP contribution in [-0.2, 0) is 6.42 Å². The van der Waals surface area contributed by atoms with Crippen molar-refractivity contribution in [3.05, 3.63) is 113 Å². The van der Waals surface area contributed by atoms with Crippen molar-refractivity contribution in [2.45, 2.75) is 38.5 Å². The van der Waals surface area contributed by atoms with Gasteiger partial charge in [0.05, 0.1) is 11.5 Å². The van der Waals surface area contributed by atoms with Crippen molar-refractivity contribution in [1.29, 1.82) is 0 Å². The van der Waals surface area contributed by atoms with Crippen LogP contribution in [0.15, 0.2) is 96.3 Å². The normalized spacial score (nSPS) is 22.0. The van der Waals surface area contributed by atoms with Crippen LogP contribution in [0.2, 0.25) is 0 Å². The van der Waals surface area contributed by atoms with Crippen molar-refractivity contribution >= 4 is 5.71 Å². The SMILES string of the molecule is C/C=C\C1=[N+](C(C)F)C2=C(Cc3ccccc31)C1c3ccccc3-c3cccc[n+]3C21. The number of alkyl halides is 1. The lowest BCUT2D eigenvalue weighted by Gasteiger charge is -2.38. The molecule has 3 atom stereocenters. The van der Waals surface area contributed by atoms with Crippen LogP contribution in [0.25, 0.3) is 11.3 Å². The van der Waals surface area contributed by atoms with Crippen LogP contribution in [0.4, 0.5) is 4.39 Å². The first kappa shape index (κ1) is 18.4. The van der Waals surface area contributed by atoms with Crippen LogP contribution in [0.5, 0.6) is 0 Å². The van der Waals surface area contributed by atoms with E-state index < -0.39 is 6.30 Å². The summed E-state index contributed by atoms with van der Waals surface area (Å²) in [5.74, 6) is 0.269. The van der Waals surface area contributed by atoms with Gasteiger partial charge in [-0.05, 0) is 36.2 Å². The molecule has 6 rings (SSSR count). The summed E-state index contributed by atoms with van der Waals surface area (Å²) in [6, 6.07) is 23.6. The predicted octanol–water partition coefficient (Wildman–Crippen LogP) is 5.50. The van der Waals surface area contributed by atoms with E-state index in [1.807, 2.05) is 17.6 Å². The fourth-order valence-corrected chi connectivity index (χ4v) is 5.78. The molecule has 0 spiro atoms. The summed E-state index contributed by atoms with van der Waals surface area (Å²) < 4.78 is 19.6. The minimum Gasteiger partial charge on any atom is -0.184 e. The molecule has 0 fully saturated rings. The highest BCUT2D eigenvalue weighted by molar-refractivity contribution is 6.07. The maximum atomic E-state index is 15.4. The lowest BCUT2D eigenvalue weighted by Crippen LogP contribution is -2.56. The number of halogens is 1. The predicted molar refractivity (Wildman–Crippen MR) is 121 cm³/mol. The molecule has 2 nitrogen and oxygen atoms in total. The molecule has 0 saturated carbocycles. The van der Waals surface area contributed by atoms with Gasteiger partial charge in [0.15, 0.2) is 6.20 Å². The highest BCUT2D eigenvalue weighted by atomic mass is 19.1. The Morgan fingerprint density at radius 2 is 1.71 bits per heavy atom. The van der Waals surface area contributed by atoms with Gasteiger partial charge < -0.3 is 0 Å². The fraction of sp³-hybridized carbons (Fsp3) is 0.214. The molecule has 2 aromatic carbocycles. The smallest absolute Gasteiger partial charge is 0.184 e. The molecule has 0 amide bonds. The Balaban J connectivity index is 1.69. The van der Waals surface area contributed by atoms with Gasteiger partial charge in [0, 0.05) is 42.7 Å². The summed E-state index contributed by atoms with van der Waals surface area (Å²) in [5, 5.41) is 0. The number of pyridine rings is 1. The first-order chi connectivity index (χ1) is 15.2. The van der Waals surface area contributed by atoms with Gasteiger partial charge in [-0.25, -0.2) is 0 Å². The molecule has 1 aromatic heterocycles. The molecule has 3 unspecified atom stereocenters. The van der Waals surface area contributed by atoms with Crippen LogP contribution in [0, 0.1) is 0 Å². The van der Waals surface area contributed by atoms with E-state index in [-0.39, 0.29) is 12.0 Å². The number of hydrogen-bond acceptors (Lipinski definition) is 0. The van der Waals surface area contributed by atoms with Crippen molar-refractivity contribution in [1.82, 2.24) is 0 Å². The van der Waals surface area contributed by atoms with Gasteiger partial charge in [0.25, 0.3) is 18.0 Å².